The third-order valence-electron chi connectivity index (χ3n) is 5.89. The summed E-state index contributed by atoms with van der Waals surface area (Å²) in [6.45, 7) is 2.29. The van der Waals surface area contributed by atoms with Gasteiger partial charge in [-0.1, -0.05) is 83.8 Å². The fraction of sp³-hybridized carbons (Fsp3) is 0.143. The quantitative estimate of drug-likeness (QED) is 0.0952. The van der Waals surface area contributed by atoms with Crippen LogP contribution in [0.1, 0.15) is 29.7 Å². The number of hydrogen-bond acceptors (Lipinski definition) is 8. The fourth-order valence-corrected chi connectivity index (χ4v) is 6.00. The Morgan fingerprint density at radius 1 is 1.05 bits per heavy atom. The van der Waals surface area contributed by atoms with Crippen LogP contribution >= 0.6 is 23.1 Å². The molecule has 0 spiro atoms. The van der Waals surface area contributed by atoms with Crippen LogP contribution in [-0.2, 0) is 15.3 Å². The summed E-state index contributed by atoms with van der Waals surface area (Å²) in [6.07, 6.45) is 0. The molecule has 1 amide bonds. The van der Waals surface area contributed by atoms with Gasteiger partial charge in [-0.05, 0) is 36.2 Å². The van der Waals surface area contributed by atoms with E-state index in [-0.39, 0.29) is 22.3 Å². The Bertz CT molecular complexity index is 1520. The third kappa shape index (κ3) is 5.05. The van der Waals surface area contributed by atoms with Gasteiger partial charge in [0.2, 0.25) is 5.13 Å². The van der Waals surface area contributed by atoms with E-state index in [9.17, 15) is 19.1 Å². The molecule has 0 aliphatic carbocycles. The van der Waals surface area contributed by atoms with E-state index in [1.165, 1.54) is 22.7 Å². The number of amides is 1. The number of nitrogens with zero attached hydrogens (tertiary/aromatic N) is 3. The first-order chi connectivity index (χ1) is 18.5. The molecule has 1 aliphatic rings. The summed E-state index contributed by atoms with van der Waals surface area (Å²) in [4.78, 5) is 27.9. The monoisotopic (exact) mass is 547 g/mol. The summed E-state index contributed by atoms with van der Waals surface area (Å²) in [5, 5.41) is 19.8. The highest BCUT2D eigenvalue weighted by Crippen LogP contribution is 2.44. The molecule has 192 valence electrons. The zero-order valence-corrected chi connectivity index (χ0v) is 21.8. The topological polar surface area (TPSA) is 92.6 Å². The highest BCUT2D eigenvalue weighted by atomic mass is 32.2. The third-order valence-corrected chi connectivity index (χ3v) is 7.99. The van der Waals surface area contributed by atoms with Crippen LogP contribution in [0.15, 0.2) is 88.8 Å². The molecule has 2 heterocycles. The van der Waals surface area contributed by atoms with E-state index in [4.69, 9.17) is 4.74 Å². The Morgan fingerprint density at radius 2 is 1.82 bits per heavy atom. The van der Waals surface area contributed by atoms with Crippen molar-refractivity contribution in [2.24, 2.45) is 0 Å². The standard InChI is InChI=1S/C28H22FN3O4S2/c1-2-36-20-13-8-12-18(15-20)23-22(24(33)17-9-4-3-5-10-17)25(34)26(35)32(23)27-30-31-28(38-27)37-16-19-11-6-7-14-21(19)29/h3-15,23,33H,2,16H2,1H3. The van der Waals surface area contributed by atoms with Crippen LogP contribution < -0.4 is 9.64 Å². The lowest BCUT2D eigenvalue weighted by atomic mass is 9.95. The number of aliphatic hydroxyl groups excluding tert-OH is 1. The molecule has 3 aromatic carbocycles. The molecular weight excluding hydrogens is 525 g/mol. The van der Waals surface area contributed by atoms with Crippen molar-refractivity contribution in [2.45, 2.75) is 23.1 Å². The van der Waals surface area contributed by atoms with Crippen molar-refractivity contribution in [2.75, 3.05) is 11.5 Å². The van der Waals surface area contributed by atoms with E-state index in [0.717, 1.165) is 11.3 Å². The number of Topliss-reactive ketones (excluding diaryl/α,β-unsaturated/α-hetero) is 1. The Hall–Kier alpha value is -4.02. The zero-order chi connectivity index (χ0) is 26.6. The van der Waals surface area contributed by atoms with Crippen molar-refractivity contribution in [1.82, 2.24) is 10.2 Å². The van der Waals surface area contributed by atoms with Crippen LogP contribution in [-0.4, -0.2) is 33.6 Å². The normalized spacial score (nSPS) is 16.7. The van der Waals surface area contributed by atoms with Gasteiger partial charge >= 0.3 is 5.91 Å². The smallest absolute Gasteiger partial charge is 0.301 e. The SMILES string of the molecule is CCOc1cccc(C2C(=C(O)c3ccccc3)C(=O)C(=O)N2c2nnc(SCc3ccccc3F)s2)c1. The minimum Gasteiger partial charge on any atom is -0.507 e. The van der Waals surface area contributed by atoms with Crippen molar-refractivity contribution in [3.05, 3.63) is 107 Å². The second-order valence-corrected chi connectivity index (χ2v) is 10.4. The average Bonchev–Trinajstić information content (AvgIpc) is 3.50. The molecule has 5 rings (SSSR count). The molecule has 1 aliphatic heterocycles. The van der Waals surface area contributed by atoms with Crippen molar-refractivity contribution in [3.63, 3.8) is 0 Å². The number of hydrogen-bond donors (Lipinski definition) is 1. The molecule has 1 fully saturated rings. The molecule has 0 bridgehead atoms. The summed E-state index contributed by atoms with van der Waals surface area (Å²) >= 11 is 2.40. The molecule has 1 unspecified atom stereocenters. The molecule has 7 nitrogen and oxygen atoms in total. The molecule has 0 saturated carbocycles. The van der Waals surface area contributed by atoms with E-state index in [2.05, 4.69) is 10.2 Å². The lowest BCUT2D eigenvalue weighted by Gasteiger charge is -2.23. The van der Waals surface area contributed by atoms with Gasteiger partial charge in [0.1, 0.15) is 17.3 Å². The lowest BCUT2D eigenvalue weighted by molar-refractivity contribution is -0.132. The number of rotatable bonds is 8. The maximum Gasteiger partial charge on any atom is 0.301 e. The van der Waals surface area contributed by atoms with Crippen LogP contribution in [0.4, 0.5) is 9.52 Å². The molecular formula is C28H22FN3O4S2. The van der Waals surface area contributed by atoms with Crippen molar-refractivity contribution in [3.8, 4) is 5.75 Å². The predicted molar refractivity (Wildman–Crippen MR) is 145 cm³/mol. The molecule has 1 saturated heterocycles. The van der Waals surface area contributed by atoms with Crippen LogP contribution in [0.5, 0.6) is 5.75 Å². The molecule has 1 N–H and O–H groups in total. The summed E-state index contributed by atoms with van der Waals surface area (Å²) < 4.78 is 20.2. The van der Waals surface area contributed by atoms with Gasteiger partial charge in [0, 0.05) is 11.3 Å². The number of ether oxygens (including phenoxy) is 1. The highest BCUT2D eigenvalue weighted by molar-refractivity contribution is 8.00. The molecule has 4 aromatic rings. The van der Waals surface area contributed by atoms with Crippen LogP contribution in [0, 0.1) is 5.82 Å². The number of carbonyl (C=O) groups is 2. The second kappa shape index (κ2) is 11.2. The summed E-state index contributed by atoms with van der Waals surface area (Å²) in [7, 11) is 0. The first kappa shape index (κ1) is 25.6. The van der Waals surface area contributed by atoms with E-state index in [0.29, 0.717) is 39.1 Å². The first-order valence-corrected chi connectivity index (χ1v) is 13.6. The molecule has 0 radical (unpaired) electrons. The van der Waals surface area contributed by atoms with E-state index in [1.54, 1.807) is 72.8 Å². The minimum atomic E-state index is -0.951. The number of halogens is 1. The van der Waals surface area contributed by atoms with Crippen molar-refractivity contribution < 1.29 is 23.8 Å². The van der Waals surface area contributed by atoms with E-state index in [1.807, 2.05) is 6.92 Å². The highest BCUT2D eigenvalue weighted by Gasteiger charge is 2.48. The predicted octanol–water partition coefficient (Wildman–Crippen LogP) is 5.99. The zero-order valence-electron chi connectivity index (χ0n) is 20.2. The number of thioether (sulfide) groups is 1. The number of anilines is 1. The van der Waals surface area contributed by atoms with Gasteiger partial charge in [-0.15, -0.1) is 10.2 Å². The van der Waals surface area contributed by atoms with Crippen LogP contribution in [0.3, 0.4) is 0 Å². The average molecular weight is 548 g/mol. The van der Waals surface area contributed by atoms with Crippen LogP contribution in [0.25, 0.3) is 5.76 Å². The fourth-order valence-electron chi connectivity index (χ4n) is 4.15. The van der Waals surface area contributed by atoms with Crippen LogP contribution in [0.2, 0.25) is 0 Å². The first-order valence-electron chi connectivity index (χ1n) is 11.8. The number of benzene rings is 3. The van der Waals surface area contributed by atoms with E-state index < -0.39 is 17.7 Å². The maximum atomic E-state index is 14.0. The lowest BCUT2D eigenvalue weighted by Crippen LogP contribution is -2.29. The summed E-state index contributed by atoms with van der Waals surface area (Å²) in [6, 6.07) is 21.1. The van der Waals surface area contributed by atoms with Gasteiger partial charge in [0.05, 0.1) is 18.2 Å². The molecule has 10 heteroatoms. The number of aliphatic hydroxyl groups is 1. The Balaban J connectivity index is 1.55. The largest absolute Gasteiger partial charge is 0.507 e. The second-order valence-electron chi connectivity index (χ2n) is 8.27. The van der Waals surface area contributed by atoms with E-state index >= 15 is 0 Å². The Morgan fingerprint density at radius 3 is 2.58 bits per heavy atom. The molecule has 38 heavy (non-hydrogen) atoms. The number of ketones is 1. The van der Waals surface area contributed by atoms with Gasteiger partial charge in [0.25, 0.3) is 5.78 Å². The maximum absolute atomic E-state index is 14.0. The van der Waals surface area contributed by atoms with Crippen molar-refractivity contribution in [1.29, 1.82) is 0 Å². The van der Waals surface area contributed by atoms with Gasteiger partial charge in [0.15, 0.2) is 4.34 Å². The number of carbonyl (C=O) groups excluding carboxylic acids is 2. The van der Waals surface area contributed by atoms with Crippen molar-refractivity contribution >= 4 is 45.7 Å². The minimum absolute atomic E-state index is 0.0504. The number of aromatic nitrogens is 2. The van der Waals surface area contributed by atoms with Gasteiger partial charge in [-0.3, -0.25) is 14.5 Å². The molecule has 1 atom stereocenters. The molecule has 1 aromatic heterocycles. The Labute approximate surface area is 226 Å². The van der Waals surface area contributed by atoms with Gasteiger partial charge in [-0.25, -0.2) is 4.39 Å². The van der Waals surface area contributed by atoms with Gasteiger partial charge < -0.3 is 9.84 Å². The summed E-state index contributed by atoms with van der Waals surface area (Å²) in [5.41, 5.74) is 1.45. The van der Waals surface area contributed by atoms with Gasteiger partial charge in [-0.2, -0.15) is 0 Å². The summed E-state index contributed by atoms with van der Waals surface area (Å²) in [5.74, 6) is -1.35. The Kier molecular flexibility index (Phi) is 7.52.